The van der Waals surface area contributed by atoms with Gasteiger partial charge in [0.2, 0.25) is 5.91 Å². The molecular weight excluding hydrogens is 512 g/mol. The summed E-state index contributed by atoms with van der Waals surface area (Å²) in [4.78, 5) is 27.3. The van der Waals surface area contributed by atoms with Crippen molar-refractivity contribution in [2.75, 3.05) is 11.9 Å². The van der Waals surface area contributed by atoms with Crippen LogP contribution in [0.2, 0.25) is 5.02 Å². The van der Waals surface area contributed by atoms with Crippen molar-refractivity contribution in [2.24, 2.45) is 0 Å². The number of rotatable bonds is 6. The number of benzene rings is 3. The molecule has 3 aromatic carbocycles. The van der Waals surface area contributed by atoms with E-state index in [4.69, 9.17) is 16.3 Å². The molecule has 4 rings (SSSR count). The second-order valence-electron chi connectivity index (χ2n) is 8.64. The van der Waals surface area contributed by atoms with Gasteiger partial charge >= 0.3 is 6.18 Å². The van der Waals surface area contributed by atoms with Crippen LogP contribution in [0.5, 0.6) is 5.75 Å². The lowest BCUT2D eigenvalue weighted by atomic mass is 9.97. The van der Waals surface area contributed by atoms with Gasteiger partial charge in [-0.2, -0.15) is 13.2 Å². The van der Waals surface area contributed by atoms with Gasteiger partial charge in [0.05, 0.1) is 22.7 Å². The SMILES string of the molecule is CC(Oc1ccccc1)C(=O)N1CCc2c(ccc(Cl)c2NC(=O)Cc2cccc(C(F)(F)F)c2F)C1. The van der Waals surface area contributed by atoms with Gasteiger partial charge < -0.3 is 15.0 Å². The molecule has 194 valence electrons. The fourth-order valence-corrected chi connectivity index (χ4v) is 4.48. The number of nitrogens with zero attached hydrogens (tertiary/aromatic N) is 1. The molecule has 5 nitrogen and oxygen atoms in total. The summed E-state index contributed by atoms with van der Waals surface area (Å²) < 4.78 is 59.1. The van der Waals surface area contributed by atoms with Crippen LogP contribution in [-0.2, 0) is 35.2 Å². The molecule has 1 unspecified atom stereocenters. The van der Waals surface area contributed by atoms with Gasteiger partial charge in [-0.3, -0.25) is 9.59 Å². The van der Waals surface area contributed by atoms with Crippen LogP contribution in [0.3, 0.4) is 0 Å². The van der Waals surface area contributed by atoms with Gasteiger partial charge in [0, 0.05) is 13.1 Å². The van der Waals surface area contributed by atoms with E-state index in [0.29, 0.717) is 36.0 Å². The van der Waals surface area contributed by atoms with Gasteiger partial charge in [0.1, 0.15) is 11.6 Å². The Morgan fingerprint density at radius 3 is 2.51 bits per heavy atom. The molecule has 1 aliphatic rings. The maximum Gasteiger partial charge on any atom is 0.419 e. The standard InChI is InChI=1S/C27H23ClF4N2O3/c1-16(37-19-7-3-2-4-8-19)26(36)34-13-12-20-18(15-34)10-11-22(28)25(20)33-23(35)14-17-6-5-9-21(24(17)29)27(30,31)32/h2-11,16H,12-15H2,1H3,(H,33,35). The Morgan fingerprint density at radius 1 is 1.08 bits per heavy atom. The van der Waals surface area contributed by atoms with Crippen LogP contribution >= 0.6 is 11.6 Å². The Bertz CT molecular complexity index is 1310. The van der Waals surface area contributed by atoms with Crippen LogP contribution in [0.1, 0.15) is 29.2 Å². The fraction of sp³-hybridized carbons (Fsp3) is 0.259. The number of alkyl halides is 3. The van der Waals surface area contributed by atoms with E-state index >= 15 is 0 Å². The number of hydrogen-bond acceptors (Lipinski definition) is 3. The van der Waals surface area contributed by atoms with Gasteiger partial charge in [-0.25, -0.2) is 4.39 Å². The lowest BCUT2D eigenvalue weighted by Crippen LogP contribution is -2.43. The Kier molecular flexibility index (Phi) is 7.73. The summed E-state index contributed by atoms with van der Waals surface area (Å²) in [5, 5.41) is 2.86. The summed E-state index contributed by atoms with van der Waals surface area (Å²) in [5.74, 6) is -1.81. The summed E-state index contributed by atoms with van der Waals surface area (Å²) in [5.41, 5.74) is -0.0275. The highest BCUT2D eigenvalue weighted by atomic mass is 35.5. The highest BCUT2D eigenvalue weighted by Crippen LogP contribution is 2.35. The van der Waals surface area contributed by atoms with Crippen molar-refractivity contribution in [3.63, 3.8) is 0 Å². The molecule has 10 heteroatoms. The largest absolute Gasteiger partial charge is 0.481 e. The molecule has 0 radical (unpaired) electrons. The molecule has 0 spiro atoms. The number of ether oxygens (including phenoxy) is 1. The molecule has 0 saturated heterocycles. The van der Waals surface area contributed by atoms with Crippen LogP contribution in [0.25, 0.3) is 0 Å². The van der Waals surface area contributed by atoms with E-state index < -0.39 is 36.0 Å². The van der Waals surface area contributed by atoms with Gasteiger partial charge in [-0.15, -0.1) is 0 Å². The first-order chi connectivity index (χ1) is 17.5. The summed E-state index contributed by atoms with van der Waals surface area (Å²) in [7, 11) is 0. The number of hydrogen-bond donors (Lipinski definition) is 1. The first kappa shape index (κ1) is 26.5. The van der Waals surface area contributed by atoms with E-state index in [1.165, 1.54) is 0 Å². The number of anilines is 1. The first-order valence-electron chi connectivity index (χ1n) is 11.5. The molecule has 0 aromatic heterocycles. The van der Waals surface area contributed by atoms with Gasteiger partial charge in [0.15, 0.2) is 6.10 Å². The van der Waals surface area contributed by atoms with Crippen LogP contribution in [0.4, 0.5) is 23.2 Å². The number of nitrogens with one attached hydrogen (secondary N) is 1. The first-order valence-corrected chi connectivity index (χ1v) is 11.9. The van der Waals surface area contributed by atoms with Crippen LogP contribution < -0.4 is 10.1 Å². The third kappa shape index (κ3) is 6.05. The number of halogens is 5. The van der Waals surface area contributed by atoms with E-state index in [1.54, 1.807) is 36.1 Å². The zero-order valence-corrected chi connectivity index (χ0v) is 20.5. The summed E-state index contributed by atoms with van der Waals surface area (Å²) in [6, 6.07) is 15.1. The van der Waals surface area contributed by atoms with Crippen LogP contribution in [0.15, 0.2) is 60.7 Å². The molecule has 1 aliphatic heterocycles. The number of carbonyl (C=O) groups excluding carboxylic acids is 2. The summed E-state index contributed by atoms with van der Waals surface area (Å²) in [6.45, 7) is 2.28. The molecule has 2 amide bonds. The number of amides is 2. The Morgan fingerprint density at radius 2 is 1.81 bits per heavy atom. The highest BCUT2D eigenvalue weighted by Gasteiger charge is 2.35. The van der Waals surface area contributed by atoms with Crippen LogP contribution in [0, 0.1) is 5.82 Å². The minimum absolute atomic E-state index is 0.199. The zero-order valence-electron chi connectivity index (χ0n) is 19.7. The Hall–Kier alpha value is -3.59. The molecule has 0 bridgehead atoms. The van der Waals surface area contributed by atoms with E-state index in [9.17, 15) is 27.2 Å². The molecule has 0 aliphatic carbocycles. The van der Waals surface area contributed by atoms with Crippen molar-refractivity contribution in [2.45, 2.75) is 38.6 Å². The molecule has 37 heavy (non-hydrogen) atoms. The van der Waals surface area contributed by atoms with Crippen LogP contribution in [-0.4, -0.2) is 29.4 Å². The van der Waals surface area contributed by atoms with Crippen molar-refractivity contribution in [1.82, 2.24) is 4.90 Å². The van der Waals surface area contributed by atoms with Crippen molar-refractivity contribution in [1.29, 1.82) is 0 Å². The Labute approximate surface area is 216 Å². The molecular formula is C27H23ClF4N2O3. The molecule has 3 aromatic rings. The molecule has 1 heterocycles. The van der Waals surface area contributed by atoms with Crippen molar-refractivity contribution < 1.29 is 31.9 Å². The number of fused-ring (bicyclic) bond motifs is 1. The van der Waals surface area contributed by atoms with E-state index in [1.807, 2.05) is 18.2 Å². The van der Waals surface area contributed by atoms with E-state index in [0.717, 1.165) is 17.7 Å². The number of carbonyl (C=O) groups is 2. The van der Waals surface area contributed by atoms with Crippen molar-refractivity contribution in [3.05, 3.63) is 93.8 Å². The van der Waals surface area contributed by atoms with Crippen molar-refractivity contribution in [3.8, 4) is 5.75 Å². The smallest absolute Gasteiger partial charge is 0.419 e. The molecule has 0 fully saturated rings. The quantitative estimate of drug-likeness (QED) is 0.393. The van der Waals surface area contributed by atoms with Gasteiger partial charge in [-0.05, 0) is 54.3 Å². The second kappa shape index (κ2) is 10.8. The highest BCUT2D eigenvalue weighted by molar-refractivity contribution is 6.34. The van der Waals surface area contributed by atoms with Crippen molar-refractivity contribution >= 4 is 29.1 Å². The maximum atomic E-state index is 14.4. The third-order valence-electron chi connectivity index (χ3n) is 6.07. The number of para-hydroxylation sites is 1. The minimum Gasteiger partial charge on any atom is -0.481 e. The van der Waals surface area contributed by atoms with E-state index in [-0.39, 0.29) is 23.0 Å². The Balaban J connectivity index is 1.47. The lowest BCUT2D eigenvalue weighted by molar-refractivity contribution is -0.140. The zero-order chi connectivity index (χ0) is 26.7. The maximum absolute atomic E-state index is 14.4. The predicted molar refractivity (Wildman–Crippen MR) is 131 cm³/mol. The normalized spacial score (nSPS) is 14.1. The molecule has 1 atom stereocenters. The van der Waals surface area contributed by atoms with E-state index in [2.05, 4.69) is 5.32 Å². The second-order valence-corrected chi connectivity index (χ2v) is 9.05. The average Bonchev–Trinajstić information content (AvgIpc) is 2.86. The summed E-state index contributed by atoms with van der Waals surface area (Å²) >= 11 is 6.33. The minimum atomic E-state index is -4.87. The lowest BCUT2D eigenvalue weighted by Gasteiger charge is -2.32. The summed E-state index contributed by atoms with van der Waals surface area (Å²) in [6.07, 6.45) is -5.80. The third-order valence-corrected chi connectivity index (χ3v) is 6.38. The molecule has 1 N–H and O–H groups in total. The monoisotopic (exact) mass is 534 g/mol. The fourth-order valence-electron chi connectivity index (χ4n) is 4.25. The topological polar surface area (TPSA) is 58.6 Å². The molecule has 0 saturated carbocycles. The van der Waals surface area contributed by atoms with Gasteiger partial charge in [-0.1, -0.05) is 48.0 Å². The predicted octanol–water partition coefficient (Wildman–Crippen LogP) is 6.03. The van der Waals surface area contributed by atoms with Gasteiger partial charge in [0.25, 0.3) is 5.91 Å². The average molecular weight is 535 g/mol.